The van der Waals surface area contributed by atoms with E-state index >= 15 is 0 Å². The second-order valence-electron chi connectivity index (χ2n) is 5.31. The highest BCUT2D eigenvalue weighted by atomic mass is 15.2. The van der Waals surface area contributed by atoms with Crippen molar-refractivity contribution in [3.05, 3.63) is 23.9 Å². The summed E-state index contributed by atoms with van der Waals surface area (Å²) in [5, 5.41) is 0. The number of nitrogens with zero attached hydrogens (tertiary/aromatic N) is 3. The number of nitrogens with one attached hydrogen (secondary N) is 1. The molecule has 0 amide bonds. The Hall–Kier alpha value is -1.17. The van der Waals surface area contributed by atoms with Gasteiger partial charge in [0.1, 0.15) is 5.82 Å². The normalized spacial score (nSPS) is 20.6. The first kappa shape index (κ1) is 13.3. The van der Waals surface area contributed by atoms with Gasteiger partial charge in [-0.2, -0.15) is 0 Å². The Balaban J connectivity index is 1.84. The summed E-state index contributed by atoms with van der Waals surface area (Å²) in [4.78, 5) is 8.90. The zero-order valence-corrected chi connectivity index (χ0v) is 11.3. The van der Waals surface area contributed by atoms with Crippen molar-refractivity contribution in [2.45, 2.75) is 13.0 Å². The number of anilines is 1. The summed E-state index contributed by atoms with van der Waals surface area (Å²) in [6.45, 7) is 4.54. The number of likely N-dealkylation sites (tertiary alicyclic amines) is 1. The molecule has 1 saturated heterocycles. The van der Waals surface area contributed by atoms with Gasteiger partial charge < -0.3 is 15.2 Å². The average Bonchev–Trinajstić information content (AvgIpc) is 2.74. The Labute approximate surface area is 109 Å². The third-order valence-corrected chi connectivity index (χ3v) is 3.48. The number of hydrazine groups is 1. The minimum atomic E-state index is 0.724. The summed E-state index contributed by atoms with van der Waals surface area (Å²) in [6.07, 6.45) is 3.11. The van der Waals surface area contributed by atoms with Crippen LogP contribution in [0.5, 0.6) is 0 Å². The van der Waals surface area contributed by atoms with E-state index in [9.17, 15) is 0 Å². The fourth-order valence-corrected chi connectivity index (χ4v) is 2.64. The van der Waals surface area contributed by atoms with Gasteiger partial charge in [0, 0.05) is 25.8 Å². The van der Waals surface area contributed by atoms with Gasteiger partial charge >= 0.3 is 0 Å². The van der Waals surface area contributed by atoms with Gasteiger partial charge in [0.15, 0.2) is 0 Å². The van der Waals surface area contributed by atoms with Gasteiger partial charge in [-0.1, -0.05) is 0 Å². The van der Waals surface area contributed by atoms with Crippen molar-refractivity contribution in [2.75, 3.05) is 39.2 Å². The summed E-state index contributed by atoms with van der Waals surface area (Å²) in [6, 6.07) is 4.04. The monoisotopic (exact) mass is 249 g/mol. The summed E-state index contributed by atoms with van der Waals surface area (Å²) in [7, 11) is 4.37. The molecule has 1 aliphatic rings. The van der Waals surface area contributed by atoms with Crippen molar-refractivity contribution in [3.8, 4) is 0 Å². The molecule has 0 aromatic carbocycles. The first-order chi connectivity index (χ1) is 8.67. The Kier molecular flexibility index (Phi) is 4.52. The van der Waals surface area contributed by atoms with E-state index in [1.54, 1.807) is 6.20 Å². The quantitative estimate of drug-likeness (QED) is 0.596. The van der Waals surface area contributed by atoms with E-state index in [0.29, 0.717) is 0 Å². The summed E-state index contributed by atoms with van der Waals surface area (Å²) in [5.74, 6) is 6.89. The van der Waals surface area contributed by atoms with E-state index < -0.39 is 0 Å². The van der Waals surface area contributed by atoms with Crippen LogP contribution in [0.2, 0.25) is 0 Å². The predicted octanol–water partition coefficient (Wildman–Crippen LogP) is 0.751. The molecule has 0 bridgehead atoms. The van der Waals surface area contributed by atoms with Crippen LogP contribution in [-0.2, 0) is 6.54 Å². The van der Waals surface area contributed by atoms with E-state index in [2.05, 4.69) is 34.3 Å². The first-order valence-corrected chi connectivity index (χ1v) is 6.46. The van der Waals surface area contributed by atoms with Crippen molar-refractivity contribution in [1.29, 1.82) is 0 Å². The number of rotatable bonds is 5. The number of pyridine rings is 1. The van der Waals surface area contributed by atoms with Crippen molar-refractivity contribution < 1.29 is 0 Å². The van der Waals surface area contributed by atoms with Crippen LogP contribution >= 0.6 is 0 Å². The molecule has 1 aliphatic heterocycles. The number of nitrogen functional groups attached to an aromatic ring is 1. The molecule has 0 radical (unpaired) electrons. The van der Waals surface area contributed by atoms with Gasteiger partial charge in [-0.15, -0.1) is 0 Å². The number of hydrogen-bond donors (Lipinski definition) is 2. The molecule has 1 aromatic heterocycles. The molecule has 2 rings (SSSR count). The molecular weight excluding hydrogens is 226 g/mol. The largest absolute Gasteiger partial charge is 0.308 e. The lowest BCUT2D eigenvalue weighted by atomic mass is 10.1. The minimum Gasteiger partial charge on any atom is -0.308 e. The summed E-state index contributed by atoms with van der Waals surface area (Å²) >= 11 is 0. The van der Waals surface area contributed by atoms with Crippen LogP contribution in [0.4, 0.5) is 5.82 Å². The molecule has 1 atom stereocenters. The lowest BCUT2D eigenvalue weighted by molar-refractivity contribution is 0.267. The molecule has 0 aliphatic carbocycles. The Morgan fingerprint density at radius 3 is 3.11 bits per heavy atom. The number of hydrogen-bond acceptors (Lipinski definition) is 5. The average molecular weight is 249 g/mol. The molecule has 5 nitrogen and oxygen atoms in total. The van der Waals surface area contributed by atoms with Gasteiger partial charge in [-0.05, 0) is 50.7 Å². The molecule has 5 heteroatoms. The van der Waals surface area contributed by atoms with Crippen molar-refractivity contribution in [2.24, 2.45) is 11.8 Å². The zero-order chi connectivity index (χ0) is 13.0. The third-order valence-electron chi connectivity index (χ3n) is 3.48. The second-order valence-corrected chi connectivity index (χ2v) is 5.31. The first-order valence-electron chi connectivity index (χ1n) is 6.46. The highest BCUT2D eigenvalue weighted by Crippen LogP contribution is 2.16. The van der Waals surface area contributed by atoms with Crippen LogP contribution in [0.1, 0.15) is 12.0 Å². The van der Waals surface area contributed by atoms with Crippen LogP contribution in [0.25, 0.3) is 0 Å². The molecule has 0 spiro atoms. The molecule has 18 heavy (non-hydrogen) atoms. The van der Waals surface area contributed by atoms with Crippen LogP contribution < -0.4 is 11.3 Å². The van der Waals surface area contributed by atoms with E-state index in [4.69, 9.17) is 5.84 Å². The molecule has 1 aromatic rings. The van der Waals surface area contributed by atoms with Gasteiger partial charge in [-0.3, -0.25) is 0 Å². The van der Waals surface area contributed by atoms with Gasteiger partial charge in [0.2, 0.25) is 0 Å². The highest BCUT2D eigenvalue weighted by Gasteiger charge is 2.20. The number of nitrogens with two attached hydrogens (primary N) is 1. The molecule has 3 N–H and O–H groups in total. The number of aromatic nitrogens is 1. The fraction of sp³-hybridized carbons (Fsp3) is 0.615. The van der Waals surface area contributed by atoms with E-state index in [1.807, 2.05) is 12.1 Å². The van der Waals surface area contributed by atoms with E-state index in [0.717, 1.165) is 24.8 Å². The maximum Gasteiger partial charge on any atom is 0.140 e. The molecule has 0 saturated carbocycles. The van der Waals surface area contributed by atoms with Crippen molar-refractivity contribution >= 4 is 5.82 Å². The maximum absolute atomic E-state index is 5.37. The van der Waals surface area contributed by atoms with Crippen molar-refractivity contribution in [3.63, 3.8) is 0 Å². The van der Waals surface area contributed by atoms with Crippen LogP contribution in [0.15, 0.2) is 18.3 Å². The Morgan fingerprint density at radius 1 is 1.61 bits per heavy atom. The standard InChI is InChI=1S/C13H23N5/c1-17-6-4-12(9-17)10-18(2)8-11-3-5-15-13(7-11)16-14/h3,5,7,12H,4,6,8-10,14H2,1-2H3,(H,15,16). The van der Waals surface area contributed by atoms with Crippen molar-refractivity contribution in [1.82, 2.24) is 14.8 Å². The molecule has 2 heterocycles. The van der Waals surface area contributed by atoms with Gasteiger partial charge in [-0.25, -0.2) is 10.8 Å². The third kappa shape index (κ3) is 3.66. The summed E-state index contributed by atoms with van der Waals surface area (Å²) < 4.78 is 0. The highest BCUT2D eigenvalue weighted by molar-refractivity contribution is 5.35. The SMILES string of the molecule is CN1CCC(CN(C)Cc2ccnc(NN)c2)C1. The smallest absolute Gasteiger partial charge is 0.140 e. The second kappa shape index (κ2) is 6.13. The van der Waals surface area contributed by atoms with Crippen LogP contribution in [0, 0.1) is 5.92 Å². The Bertz CT molecular complexity index is 381. The fourth-order valence-electron chi connectivity index (χ4n) is 2.64. The van der Waals surface area contributed by atoms with Crippen LogP contribution in [-0.4, -0.2) is 48.5 Å². The maximum atomic E-state index is 5.37. The molecule has 1 unspecified atom stereocenters. The molecule has 100 valence electrons. The minimum absolute atomic E-state index is 0.724. The van der Waals surface area contributed by atoms with Crippen LogP contribution in [0.3, 0.4) is 0 Å². The lowest BCUT2D eigenvalue weighted by Crippen LogP contribution is -2.27. The van der Waals surface area contributed by atoms with Gasteiger partial charge in [0.25, 0.3) is 0 Å². The topological polar surface area (TPSA) is 57.4 Å². The Morgan fingerprint density at radius 2 is 2.44 bits per heavy atom. The zero-order valence-electron chi connectivity index (χ0n) is 11.3. The van der Waals surface area contributed by atoms with E-state index in [-0.39, 0.29) is 0 Å². The molecular formula is C13H23N5. The summed E-state index contributed by atoms with van der Waals surface area (Å²) in [5.41, 5.74) is 3.83. The molecule has 1 fully saturated rings. The lowest BCUT2D eigenvalue weighted by Gasteiger charge is -2.21. The van der Waals surface area contributed by atoms with E-state index in [1.165, 1.54) is 25.1 Å². The predicted molar refractivity (Wildman–Crippen MR) is 74.0 cm³/mol. The van der Waals surface area contributed by atoms with Gasteiger partial charge in [0.05, 0.1) is 0 Å².